The fourth-order valence-corrected chi connectivity index (χ4v) is 5.24. The summed E-state index contributed by atoms with van der Waals surface area (Å²) in [5, 5.41) is 5.21. The van der Waals surface area contributed by atoms with Crippen LogP contribution in [0.5, 0.6) is 0 Å². The van der Waals surface area contributed by atoms with E-state index in [1.165, 1.54) is 6.20 Å². The monoisotopic (exact) mass is 464 g/mol. The van der Waals surface area contributed by atoms with E-state index in [0.717, 1.165) is 45.5 Å². The van der Waals surface area contributed by atoms with E-state index >= 15 is 0 Å². The Morgan fingerprint density at radius 3 is 2.67 bits per heavy atom. The Bertz CT molecular complexity index is 1340. The maximum absolute atomic E-state index is 12.9. The van der Waals surface area contributed by atoms with Gasteiger partial charge in [0.25, 0.3) is 5.91 Å². The average molecular weight is 465 g/mol. The van der Waals surface area contributed by atoms with Crippen LogP contribution < -0.4 is 10.6 Å². The molecule has 0 bridgehead atoms. The molecule has 2 amide bonds. The zero-order chi connectivity index (χ0) is 23.1. The number of carbonyl (C=O) groups is 2. The molecule has 11 heteroatoms. The number of nitrogens with zero attached hydrogens (tertiary/aromatic N) is 7. The second kappa shape index (κ2) is 8.39. The number of fused-ring (bicyclic) bond motifs is 2. The van der Waals surface area contributed by atoms with Crippen LogP contribution in [0, 0.1) is 13.8 Å². The summed E-state index contributed by atoms with van der Waals surface area (Å²) in [5.74, 6) is -0.432. The molecule has 0 radical (unpaired) electrons. The number of primary amides is 1. The number of hydrogen-bond acceptors (Lipinski definition) is 8. The molecule has 10 nitrogen and oxygen atoms in total. The summed E-state index contributed by atoms with van der Waals surface area (Å²) in [7, 11) is 0. The first-order valence-electron chi connectivity index (χ1n) is 10.8. The quantitative estimate of drug-likeness (QED) is 0.477. The number of thiazole rings is 1. The Balaban J connectivity index is 1.23. The third-order valence-corrected chi connectivity index (χ3v) is 7.16. The lowest BCUT2D eigenvalue weighted by atomic mass is 10.1. The number of aromatic nitrogens is 5. The number of rotatable bonds is 5. The molecule has 2 N–H and O–H groups in total. The van der Waals surface area contributed by atoms with E-state index in [9.17, 15) is 9.59 Å². The molecule has 5 rings (SSSR count). The van der Waals surface area contributed by atoms with Gasteiger partial charge in [0.05, 0.1) is 6.20 Å². The average Bonchev–Trinajstić information content (AvgIpc) is 3.43. The summed E-state index contributed by atoms with van der Waals surface area (Å²) in [6.45, 7) is 6.64. The molecule has 1 saturated heterocycles. The zero-order valence-electron chi connectivity index (χ0n) is 18.5. The predicted octanol–water partition coefficient (Wildman–Crippen LogP) is 1.73. The predicted molar refractivity (Wildman–Crippen MR) is 126 cm³/mol. The van der Waals surface area contributed by atoms with Crippen LogP contribution >= 0.6 is 11.3 Å². The summed E-state index contributed by atoms with van der Waals surface area (Å²) >= 11 is 1.58. The number of nitrogens with two attached hydrogens (primary N) is 1. The number of carbonyl (C=O) groups excluding carboxylic acids is 2. The third kappa shape index (κ3) is 3.88. The maximum atomic E-state index is 12.9. The van der Waals surface area contributed by atoms with Crippen molar-refractivity contribution in [1.29, 1.82) is 0 Å². The Morgan fingerprint density at radius 2 is 1.94 bits per heavy atom. The number of hydrogen-bond donors (Lipinski definition) is 1. The fourth-order valence-electron chi connectivity index (χ4n) is 4.28. The smallest absolute Gasteiger partial charge is 0.254 e. The van der Waals surface area contributed by atoms with Gasteiger partial charge in [0.15, 0.2) is 10.8 Å². The highest BCUT2D eigenvalue weighted by Gasteiger charge is 2.24. The van der Waals surface area contributed by atoms with Crippen LogP contribution in [0.15, 0.2) is 24.5 Å². The van der Waals surface area contributed by atoms with Crippen LogP contribution in [0.25, 0.3) is 16.0 Å². The summed E-state index contributed by atoms with van der Waals surface area (Å²) in [6, 6.07) is 3.86. The first-order chi connectivity index (χ1) is 15.9. The highest BCUT2D eigenvalue weighted by atomic mass is 32.1. The molecule has 1 aliphatic heterocycles. The van der Waals surface area contributed by atoms with Crippen molar-refractivity contribution >= 4 is 44.3 Å². The van der Waals surface area contributed by atoms with Gasteiger partial charge in [-0.1, -0.05) is 11.3 Å². The van der Waals surface area contributed by atoms with Gasteiger partial charge in [-0.25, -0.2) is 19.5 Å². The molecular formula is C22H24N8O2S. The summed E-state index contributed by atoms with van der Waals surface area (Å²) in [4.78, 5) is 43.1. The van der Waals surface area contributed by atoms with Gasteiger partial charge in [-0.15, -0.1) is 0 Å². The van der Waals surface area contributed by atoms with Gasteiger partial charge in [0, 0.05) is 50.2 Å². The molecule has 1 fully saturated rings. The number of anilines is 1. The number of piperazine rings is 1. The van der Waals surface area contributed by atoms with Gasteiger partial charge in [0.1, 0.15) is 15.9 Å². The second-order valence-corrected chi connectivity index (χ2v) is 9.07. The zero-order valence-corrected chi connectivity index (χ0v) is 19.3. The Hall–Kier alpha value is -3.60. The summed E-state index contributed by atoms with van der Waals surface area (Å²) < 4.78 is 1.62. The minimum absolute atomic E-state index is 0.123. The van der Waals surface area contributed by atoms with Crippen molar-refractivity contribution in [3.05, 3.63) is 47.0 Å². The van der Waals surface area contributed by atoms with Crippen molar-refractivity contribution < 1.29 is 9.59 Å². The Labute approximate surface area is 194 Å². The van der Waals surface area contributed by atoms with Gasteiger partial charge in [-0.2, -0.15) is 5.10 Å². The molecule has 0 atom stereocenters. The van der Waals surface area contributed by atoms with E-state index in [0.29, 0.717) is 37.1 Å². The van der Waals surface area contributed by atoms with Crippen molar-refractivity contribution in [3.63, 3.8) is 0 Å². The van der Waals surface area contributed by atoms with Crippen molar-refractivity contribution in [2.24, 2.45) is 5.73 Å². The van der Waals surface area contributed by atoms with E-state index in [4.69, 9.17) is 5.73 Å². The molecule has 4 aromatic rings. The van der Waals surface area contributed by atoms with Crippen LogP contribution in [0.3, 0.4) is 0 Å². The molecule has 0 unspecified atom stereocenters. The van der Waals surface area contributed by atoms with Gasteiger partial charge in [0.2, 0.25) is 5.91 Å². The highest BCUT2D eigenvalue weighted by molar-refractivity contribution is 7.21. The maximum Gasteiger partial charge on any atom is 0.254 e. The van der Waals surface area contributed by atoms with E-state index in [1.54, 1.807) is 22.0 Å². The van der Waals surface area contributed by atoms with Crippen LogP contribution in [-0.2, 0) is 11.2 Å². The minimum Gasteiger partial charge on any atom is -0.365 e. The van der Waals surface area contributed by atoms with Crippen molar-refractivity contribution in [2.45, 2.75) is 26.7 Å². The normalized spacial score (nSPS) is 14.4. The topological polar surface area (TPSA) is 123 Å². The summed E-state index contributed by atoms with van der Waals surface area (Å²) in [5.41, 5.74) is 9.70. The lowest BCUT2D eigenvalue weighted by molar-refractivity contribution is -0.131. The molecule has 4 aromatic heterocycles. The largest absolute Gasteiger partial charge is 0.365 e. The van der Waals surface area contributed by atoms with Crippen molar-refractivity contribution in [1.82, 2.24) is 29.5 Å². The highest BCUT2D eigenvalue weighted by Crippen LogP contribution is 2.28. The van der Waals surface area contributed by atoms with Gasteiger partial charge in [-0.3, -0.25) is 9.59 Å². The Kier molecular flexibility index (Phi) is 5.41. The van der Waals surface area contributed by atoms with Gasteiger partial charge < -0.3 is 15.5 Å². The fraction of sp³-hybridized carbons (Fsp3) is 0.364. The Morgan fingerprint density at radius 1 is 1.15 bits per heavy atom. The standard InChI is InChI=1S/C22H24N8O2S/c1-13-15(14(2)30-20(26-13)16(12-25-30)19(23)32)5-6-18(31)28-8-10-29(11-9-28)22-27-17-4-3-7-24-21(17)33-22/h3-4,7,12H,5-6,8-11H2,1-2H3,(H2,23,32). The first kappa shape index (κ1) is 21.3. The molecular weight excluding hydrogens is 440 g/mol. The van der Waals surface area contributed by atoms with Crippen LogP contribution in [0.2, 0.25) is 0 Å². The van der Waals surface area contributed by atoms with E-state index < -0.39 is 5.91 Å². The van der Waals surface area contributed by atoms with Crippen molar-refractivity contribution in [3.8, 4) is 0 Å². The molecule has 0 aromatic carbocycles. The van der Waals surface area contributed by atoms with E-state index in [1.807, 2.05) is 30.9 Å². The number of pyridine rings is 1. The molecule has 0 saturated carbocycles. The molecule has 1 aliphatic rings. The first-order valence-corrected chi connectivity index (χ1v) is 11.6. The van der Waals surface area contributed by atoms with E-state index in [2.05, 4.69) is 25.0 Å². The van der Waals surface area contributed by atoms with Crippen molar-refractivity contribution in [2.75, 3.05) is 31.1 Å². The number of aryl methyl sites for hydroxylation is 2. The molecule has 0 aliphatic carbocycles. The number of amides is 2. The van der Waals surface area contributed by atoms with Gasteiger partial charge in [-0.05, 0) is 38.0 Å². The third-order valence-electron chi connectivity index (χ3n) is 6.12. The van der Waals surface area contributed by atoms with Crippen LogP contribution in [-0.4, -0.2) is 67.5 Å². The van der Waals surface area contributed by atoms with Crippen LogP contribution in [0.1, 0.15) is 33.7 Å². The lowest BCUT2D eigenvalue weighted by Crippen LogP contribution is -2.48. The molecule has 170 valence electrons. The molecule has 33 heavy (non-hydrogen) atoms. The summed E-state index contributed by atoms with van der Waals surface area (Å²) in [6.07, 6.45) is 4.17. The second-order valence-electron chi connectivity index (χ2n) is 8.11. The van der Waals surface area contributed by atoms with Crippen LogP contribution in [0.4, 0.5) is 5.13 Å². The van der Waals surface area contributed by atoms with E-state index in [-0.39, 0.29) is 5.91 Å². The molecule has 5 heterocycles. The molecule has 0 spiro atoms. The SMILES string of the molecule is Cc1nc2c(C(N)=O)cnn2c(C)c1CCC(=O)N1CCN(c2nc3cccnc3s2)CC1. The lowest BCUT2D eigenvalue weighted by Gasteiger charge is -2.34. The minimum atomic E-state index is -0.555. The van der Waals surface area contributed by atoms with Gasteiger partial charge >= 0.3 is 0 Å².